The molecule has 1 saturated carbocycles. The molecule has 21 heavy (non-hydrogen) atoms. The second kappa shape index (κ2) is 4.54. The molecule has 4 rings (SSSR count). The summed E-state index contributed by atoms with van der Waals surface area (Å²) >= 11 is 0. The van der Waals surface area contributed by atoms with E-state index in [0.717, 1.165) is 25.0 Å². The van der Waals surface area contributed by atoms with Gasteiger partial charge in [0.2, 0.25) is 0 Å². The SMILES string of the molecule is O=C(NC1Cc2cncn2C1)c1cc(=O)[nH]c(C2CC2)n1. The Balaban J connectivity index is 1.50. The Kier molecular flexibility index (Phi) is 2.66. The highest BCUT2D eigenvalue weighted by molar-refractivity contribution is 5.92. The molecule has 1 aliphatic carbocycles. The summed E-state index contributed by atoms with van der Waals surface area (Å²) < 4.78 is 2.02. The van der Waals surface area contributed by atoms with Gasteiger partial charge in [-0.15, -0.1) is 0 Å². The summed E-state index contributed by atoms with van der Waals surface area (Å²) in [7, 11) is 0. The minimum absolute atomic E-state index is 0.0287. The van der Waals surface area contributed by atoms with Crippen LogP contribution in [0.4, 0.5) is 0 Å². The predicted octanol–water partition coefficient (Wildman–Crippen LogP) is 0.198. The Morgan fingerprint density at radius 1 is 1.43 bits per heavy atom. The van der Waals surface area contributed by atoms with E-state index in [0.29, 0.717) is 18.3 Å². The average Bonchev–Trinajstić information content (AvgIpc) is 3.10. The molecule has 1 aliphatic heterocycles. The number of nitrogens with one attached hydrogen (secondary N) is 2. The van der Waals surface area contributed by atoms with Crippen molar-refractivity contribution in [1.82, 2.24) is 24.8 Å². The highest BCUT2D eigenvalue weighted by atomic mass is 16.2. The molecule has 0 aromatic carbocycles. The summed E-state index contributed by atoms with van der Waals surface area (Å²) in [5.41, 5.74) is 1.05. The molecule has 2 aromatic rings. The minimum atomic E-state index is -0.285. The van der Waals surface area contributed by atoms with E-state index in [-0.39, 0.29) is 23.2 Å². The molecule has 0 bridgehead atoms. The van der Waals surface area contributed by atoms with Crippen LogP contribution in [0.25, 0.3) is 0 Å². The number of aromatic nitrogens is 4. The summed E-state index contributed by atoms with van der Waals surface area (Å²) in [4.78, 5) is 35.0. The van der Waals surface area contributed by atoms with Gasteiger partial charge >= 0.3 is 0 Å². The number of H-pyrrole nitrogens is 1. The van der Waals surface area contributed by atoms with Gasteiger partial charge in [0.1, 0.15) is 11.5 Å². The van der Waals surface area contributed by atoms with Crippen LogP contribution in [0.5, 0.6) is 0 Å². The third-order valence-electron chi connectivity index (χ3n) is 3.96. The van der Waals surface area contributed by atoms with Crippen molar-refractivity contribution in [1.29, 1.82) is 0 Å². The summed E-state index contributed by atoms with van der Waals surface area (Å²) in [6.07, 6.45) is 6.38. The fourth-order valence-electron chi connectivity index (χ4n) is 2.74. The predicted molar refractivity (Wildman–Crippen MR) is 74.0 cm³/mol. The van der Waals surface area contributed by atoms with Gasteiger partial charge in [0, 0.05) is 36.8 Å². The zero-order chi connectivity index (χ0) is 14.4. The number of hydrogen-bond acceptors (Lipinski definition) is 4. The van der Waals surface area contributed by atoms with Crippen LogP contribution in [0.15, 0.2) is 23.4 Å². The van der Waals surface area contributed by atoms with E-state index in [4.69, 9.17) is 0 Å². The molecule has 7 nitrogen and oxygen atoms in total. The largest absolute Gasteiger partial charge is 0.346 e. The lowest BCUT2D eigenvalue weighted by Crippen LogP contribution is -2.37. The van der Waals surface area contributed by atoms with Crippen molar-refractivity contribution in [2.75, 3.05) is 0 Å². The van der Waals surface area contributed by atoms with Crippen molar-refractivity contribution < 1.29 is 4.79 Å². The van der Waals surface area contributed by atoms with Crippen LogP contribution in [0.2, 0.25) is 0 Å². The third kappa shape index (κ3) is 2.35. The first-order valence-corrected chi connectivity index (χ1v) is 7.10. The molecule has 7 heteroatoms. The van der Waals surface area contributed by atoms with Gasteiger partial charge in [-0.2, -0.15) is 0 Å². The van der Waals surface area contributed by atoms with Crippen LogP contribution in [0, 0.1) is 0 Å². The Bertz CT molecular complexity index is 738. The number of nitrogens with zero attached hydrogens (tertiary/aromatic N) is 3. The van der Waals surface area contributed by atoms with Gasteiger partial charge in [-0.05, 0) is 12.8 Å². The average molecular weight is 285 g/mol. The van der Waals surface area contributed by atoms with E-state index in [2.05, 4.69) is 20.3 Å². The van der Waals surface area contributed by atoms with E-state index in [1.165, 1.54) is 6.07 Å². The Morgan fingerprint density at radius 2 is 2.29 bits per heavy atom. The minimum Gasteiger partial charge on any atom is -0.346 e. The normalized spacial score (nSPS) is 20.3. The van der Waals surface area contributed by atoms with Crippen LogP contribution in [-0.2, 0) is 13.0 Å². The van der Waals surface area contributed by atoms with E-state index in [1.54, 1.807) is 6.33 Å². The first-order chi connectivity index (χ1) is 10.2. The van der Waals surface area contributed by atoms with Crippen molar-refractivity contribution >= 4 is 5.91 Å². The van der Waals surface area contributed by atoms with Crippen LogP contribution in [0.1, 0.15) is 40.8 Å². The quantitative estimate of drug-likeness (QED) is 0.842. The van der Waals surface area contributed by atoms with Gasteiger partial charge in [0.25, 0.3) is 11.5 Å². The number of hydrogen-bond donors (Lipinski definition) is 2. The molecule has 1 amide bonds. The maximum atomic E-state index is 12.3. The van der Waals surface area contributed by atoms with E-state index in [1.807, 2.05) is 10.8 Å². The standard InChI is InChI=1S/C14H15N5O2/c20-12-4-11(17-13(18-12)8-1-2-8)14(21)16-9-3-10-5-15-7-19(10)6-9/h4-5,7-9H,1-3,6H2,(H,16,21)(H,17,18,20). The zero-order valence-electron chi connectivity index (χ0n) is 11.4. The number of carbonyl (C=O) groups is 1. The Labute approximate surface area is 120 Å². The lowest BCUT2D eigenvalue weighted by molar-refractivity contribution is 0.0931. The van der Waals surface area contributed by atoms with Gasteiger partial charge < -0.3 is 14.9 Å². The number of rotatable bonds is 3. The number of amides is 1. The highest BCUT2D eigenvalue weighted by Crippen LogP contribution is 2.37. The number of carbonyl (C=O) groups excluding carboxylic acids is 1. The Hall–Kier alpha value is -2.44. The molecule has 1 fully saturated rings. The molecule has 0 radical (unpaired) electrons. The van der Waals surface area contributed by atoms with Gasteiger partial charge in [0.05, 0.1) is 12.4 Å². The maximum Gasteiger partial charge on any atom is 0.270 e. The summed E-state index contributed by atoms with van der Waals surface area (Å²) in [6.45, 7) is 0.708. The lowest BCUT2D eigenvalue weighted by atomic mass is 10.2. The third-order valence-corrected chi connectivity index (χ3v) is 3.96. The van der Waals surface area contributed by atoms with E-state index in [9.17, 15) is 9.59 Å². The van der Waals surface area contributed by atoms with Crippen LogP contribution >= 0.6 is 0 Å². The first kappa shape index (κ1) is 12.3. The fraction of sp³-hybridized carbons (Fsp3) is 0.429. The number of fused-ring (bicyclic) bond motifs is 1. The molecule has 108 valence electrons. The Morgan fingerprint density at radius 3 is 3.05 bits per heavy atom. The van der Waals surface area contributed by atoms with Crippen molar-refractivity contribution in [3.05, 3.63) is 46.2 Å². The molecule has 2 N–H and O–H groups in total. The van der Waals surface area contributed by atoms with Crippen molar-refractivity contribution in [3.8, 4) is 0 Å². The molecule has 2 aliphatic rings. The van der Waals surface area contributed by atoms with E-state index >= 15 is 0 Å². The van der Waals surface area contributed by atoms with Crippen LogP contribution in [-0.4, -0.2) is 31.5 Å². The van der Waals surface area contributed by atoms with Gasteiger partial charge in [-0.3, -0.25) is 9.59 Å². The molecule has 1 atom stereocenters. The smallest absolute Gasteiger partial charge is 0.270 e. The van der Waals surface area contributed by atoms with Gasteiger partial charge in [-0.1, -0.05) is 0 Å². The fourth-order valence-corrected chi connectivity index (χ4v) is 2.74. The number of aromatic amines is 1. The lowest BCUT2D eigenvalue weighted by Gasteiger charge is -2.11. The van der Waals surface area contributed by atoms with Crippen LogP contribution < -0.4 is 10.9 Å². The summed E-state index contributed by atoms with van der Waals surface area (Å²) in [6, 6.07) is 1.29. The molecule has 0 spiro atoms. The van der Waals surface area contributed by atoms with Gasteiger partial charge in [0.15, 0.2) is 0 Å². The molecule has 3 heterocycles. The monoisotopic (exact) mass is 285 g/mol. The number of imidazole rings is 1. The highest BCUT2D eigenvalue weighted by Gasteiger charge is 2.28. The molecular weight excluding hydrogens is 270 g/mol. The van der Waals surface area contributed by atoms with Crippen molar-refractivity contribution in [2.24, 2.45) is 0 Å². The van der Waals surface area contributed by atoms with Gasteiger partial charge in [-0.25, -0.2) is 9.97 Å². The topological polar surface area (TPSA) is 92.7 Å². The molecule has 1 unspecified atom stereocenters. The van der Waals surface area contributed by atoms with E-state index < -0.39 is 0 Å². The molecule has 2 aromatic heterocycles. The van der Waals surface area contributed by atoms with Crippen LogP contribution in [0.3, 0.4) is 0 Å². The molecule has 0 saturated heterocycles. The summed E-state index contributed by atoms with van der Waals surface area (Å²) in [5.74, 6) is 0.657. The molecular formula is C14H15N5O2. The summed E-state index contributed by atoms with van der Waals surface area (Å²) in [5, 5.41) is 2.94. The first-order valence-electron chi connectivity index (χ1n) is 7.10. The van der Waals surface area contributed by atoms with Crippen molar-refractivity contribution in [2.45, 2.75) is 37.8 Å². The second-order valence-corrected chi connectivity index (χ2v) is 5.70. The van der Waals surface area contributed by atoms with Crippen molar-refractivity contribution in [3.63, 3.8) is 0 Å². The zero-order valence-corrected chi connectivity index (χ0v) is 11.4. The second-order valence-electron chi connectivity index (χ2n) is 5.70. The maximum absolute atomic E-state index is 12.3.